The first kappa shape index (κ1) is 21.9. The maximum absolute atomic E-state index is 8.69. The average molecular weight is 316 g/mol. The second-order valence-corrected chi connectivity index (χ2v) is 6.62. The van der Waals surface area contributed by atoms with Gasteiger partial charge in [0.05, 0.1) is 0 Å². The van der Waals surface area contributed by atoms with Gasteiger partial charge in [-0.1, -0.05) is 90.4 Å². The van der Waals surface area contributed by atoms with Crippen molar-refractivity contribution in [1.82, 2.24) is 5.32 Å². The zero-order valence-corrected chi connectivity index (χ0v) is 15.0. The SMILES string of the molecule is CCCCCCCCCCCCCCCCNCCC(O)O. The third kappa shape index (κ3) is 19.9. The van der Waals surface area contributed by atoms with E-state index in [1.165, 1.54) is 89.9 Å². The molecule has 0 aliphatic carbocycles. The Hall–Kier alpha value is -0.120. The molecule has 3 nitrogen and oxygen atoms in total. The number of unbranched alkanes of at least 4 members (excludes halogenated alkanes) is 13. The fraction of sp³-hybridized carbons (Fsp3) is 1.00. The quantitative estimate of drug-likeness (QED) is 0.252. The predicted molar refractivity (Wildman–Crippen MR) is 96.0 cm³/mol. The number of hydrogen-bond donors (Lipinski definition) is 3. The summed E-state index contributed by atoms with van der Waals surface area (Å²) in [5, 5.41) is 20.6. The van der Waals surface area contributed by atoms with Crippen molar-refractivity contribution >= 4 is 0 Å². The molecule has 0 radical (unpaired) electrons. The molecule has 0 spiro atoms. The zero-order valence-electron chi connectivity index (χ0n) is 15.0. The van der Waals surface area contributed by atoms with Crippen molar-refractivity contribution in [3.63, 3.8) is 0 Å². The molecule has 0 unspecified atom stereocenters. The minimum atomic E-state index is -1.16. The Bertz CT molecular complexity index is 198. The Morgan fingerprint density at radius 3 is 1.41 bits per heavy atom. The van der Waals surface area contributed by atoms with Crippen LogP contribution in [0.1, 0.15) is 103 Å². The Morgan fingerprint density at radius 2 is 1.00 bits per heavy atom. The van der Waals surface area contributed by atoms with E-state index in [0.29, 0.717) is 13.0 Å². The highest BCUT2D eigenvalue weighted by Crippen LogP contribution is 2.12. The van der Waals surface area contributed by atoms with E-state index in [1.807, 2.05) is 0 Å². The number of aliphatic hydroxyl groups excluding tert-OH is 1. The molecule has 22 heavy (non-hydrogen) atoms. The third-order valence-electron chi connectivity index (χ3n) is 4.29. The molecule has 0 saturated heterocycles. The van der Waals surface area contributed by atoms with Gasteiger partial charge in [0.25, 0.3) is 0 Å². The van der Waals surface area contributed by atoms with Crippen LogP contribution in [0.25, 0.3) is 0 Å². The van der Waals surface area contributed by atoms with Crippen molar-refractivity contribution in [3.05, 3.63) is 0 Å². The molecule has 0 rings (SSSR count). The number of nitrogens with one attached hydrogen (secondary N) is 1. The van der Waals surface area contributed by atoms with Gasteiger partial charge in [0.15, 0.2) is 6.29 Å². The van der Waals surface area contributed by atoms with Crippen molar-refractivity contribution in [2.45, 2.75) is 110 Å². The Labute approximate surface area is 138 Å². The number of hydrogen-bond acceptors (Lipinski definition) is 3. The fourth-order valence-electron chi connectivity index (χ4n) is 2.80. The second kappa shape index (κ2) is 18.9. The van der Waals surface area contributed by atoms with Crippen LogP contribution in [-0.2, 0) is 0 Å². The zero-order chi connectivity index (χ0) is 16.3. The molecular formula is C19H41NO2. The maximum atomic E-state index is 8.69. The molecule has 0 aliphatic rings. The van der Waals surface area contributed by atoms with Crippen LogP contribution < -0.4 is 5.32 Å². The first-order chi connectivity index (χ1) is 10.8. The van der Waals surface area contributed by atoms with E-state index < -0.39 is 6.29 Å². The summed E-state index contributed by atoms with van der Waals surface area (Å²) in [6.45, 7) is 3.99. The lowest BCUT2D eigenvalue weighted by molar-refractivity contribution is -0.0443. The highest BCUT2D eigenvalue weighted by atomic mass is 16.5. The molecule has 0 aromatic carbocycles. The van der Waals surface area contributed by atoms with E-state index in [2.05, 4.69) is 12.2 Å². The Morgan fingerprint density at radius 1 is 0.591 bits per heavy atom. The normalized spacial score (nSPS) is 11.5. The molecule has 0 fully saturated rings. The second-order valence-electron chi connectivity index (χ2n) is 6.62. The monoisotopic (exact) mass is 315 g/mol. The summed E-state index contributed by atoms with van der Waals surface area (Å²) in [6, 6.07) is 0. The number of rotatable bonds is 18. The summed E-state index contributed by atoms with van der Waals surface area (Å²) in [7, 11) is 0. The Balaban J connectivity index is 2.94. The minimum Gasteiger partial charge on any atom is -0.368 e. The molecule has 0 bridgehead atoms. The molecule has 0 saturated carbocycles. The van der Waals surface area contributed by atoms with Gasteiger partial charge in [-0.25, -0.2) is 0 Å². The smallest absolute Gasteiger partial charge is 0.152 e. The molecule has 0 heterocycles. The number of aliphatic hydroxyl groups is 2. The largest absolute Gasteiger partial charge is 0.368 e. The summed E-state index contributed by atoms with van der Waals surface area (Å²) in [6.07, 6.45) is 18.7. The van der Waals surface area contributed by atoms with Gasteiger partial charge >= 0.3 is 0 Å². The van der Waals surface area contributed by atoms with Gasteiger partial charge in [-0.15, -0.1) is 0 Å². The van der Waals surface area contributed by atoms with Crippen molar-refractivity contribution in [2.24, 2.45) is 0 Å². The molecule has 0 atom stereocenters. The molecule has 0 aliphatic heterocycles. The van der Waals surface area contributed by atoms with Crippen LogP contribution >= 0.6 is 0 Å². The van der Waals surface area contributed by atoms with Gasteiger partial charge in [0.2, 0.25) is 0 Å². The summed E-state index contributed by atoms with van der Waals surface area (Å²) in [5.74, 6) is 0. The van der Waals surface area contributed by atoms with Gasteiger partial charge in [-0.3, -0.25) is 0 Å². The van der Waals surface area contributed by atoms with Crippen molar-refractivity contribution in [3.8, 4) is 0 Å². The first-order valence-corrected chi connectivity index (χ1v) is 9.84. The lowest BCUT2D eigenvalue weighted by Crippen LogP contribution is -2.21. The van der Waals surface area contributed by atoms with Crippen LogP contribution in [0.3, 0.4) is 0 Å². The van der Waals surface area contributed by atoms with E-state index in [1.54, 1.807) is 0 Å². The van der Waals surface area contributed by atoms with Crippen LogP contribution in [0.5, 0.6) is 0 Å². The van der Waals surface area contributed by atoms with E-state index in [-0.39, 0.29) is 0 Å². The first-order valence-electron chi connectivity index (χ1n) is 9.84. The van der Waals surface area contributed by atoms with E-state index in [0.717, 1.165) is 6.54 Å². The Kier molecular flexibility index (Phi) is 18.8. The van der Waals surface area contributed by atoms with E-state index in [9.17, 15) is 0 Å². The maximum Gasteiger partial charge on any atom is 0.152 e. The summed E-state index contributed by atoms with van der Waals surface area (Å²) in [4.78, 5) is 0. The summed E-state index contributed by atoms with van der Waals surface area (Å²) < 4.78 is 0. The van der Waals surface area contributed by atoms with Crippen molar-refractivity contribution in [1.29, 1.82) is 0 Å². The molecule has 0 aromatic rings. The minimum absolute atomic E-state index is 0.429. The van der Waals surface area contributed by atoms with Gasteiger partial charge < -0.3 is 15.5 Å². The van der Waals surface area contributed by atoms with Crippen LogP contribution in [-0.4, -0.2) is 29.6 Å². The summed E-state index contributed by atoms with van der Waals surface area (Å²) >= 11 is 0. The van der Waals surface area contributed by atoms with Gasteiger partial charge in [0.1, 0.15) is 0 Å². The molecule has 3 heteroatoms. The van der Waals surface area contributed by atoms with E-state index in [4.69, 9.17) is 10.2 Å². The topological polar surface area (TPSA) is 52.5 Å². The molecule has 0 amide bonds. The van der Waals surface area contributed by atoms with Crippen LogP contribution in [0.4, 0.5) is 0 Å². The predicted octanol–water partition coefficient (Wildman–Crippen LogP) is 4.76. The van der Waals surface area contributed by atoms with Crippen LogP contribution in [0.15, 0.2) is 0 Å². The highest BCUT2D eigenvalue weighted by Gasteiger charge is 1.96. The average Bonchev–Trinajstić information content (AvgIpc) is 2.50. The van der Waals surface area contributed by atoms with E-state index >= 15 is 0 Å². The van der Waals surface area contributed by atoms with Gasteiger partial charge in [-0.2, -0.15) is 0 Å². The standard InChI is InChI=1S/C19H41NO2/c1-2-3-4-5-6-7-8-9-10-11-12-13-14-15-17-20-18-16-19(21)22/h19-22H,2-18H2,1H3. The summed E-state index contributed by atoms with van der Waals surface area (Å²) in [5.41, 5.74) is 0. The van der Waals surface area contributed by atoms with Gasteiger partial charge in [-0.05, 0) is 19.5 Å². The third-order valence-corrected chi connectivity index (χ3v) is 4.29. The highest BCUT2D eigenvalue weighted by molar-refractivity contribution is 4.52. The lowest BCUT2D eigenvalue weighted by Gasteiger charge is -2.06. The molecular weight excluding hydrogens is 274 g/mol. The molecule has 3 N–H and O–H groups in total. The fourth-order valence-corrected chi connectivity index (χ4v) is 2.80. The molecule has 134 valence electrons. The molecule has 0 aromatic heterocycles. The van der Waals surface area contributed by atoms with Crippen LogP contribution in [0.2, 0.25) is 0 Å². The van der Waals surface area contributed by atoms with Crippen molar-refractivity contribution in [2.75, 3.05) is 13.1 Å². The van der Waals surface area contributed by atoms with Crippen molar-refractivity contribution < 1.29 is 10.2 Å². The van der Waals surface area contributed by atoms with Gasteiger partial charge in [0, 0.05) is 6.42 Å². The lowest BCUT2D eigenvalue weighted by atomic mass is 10.0. The van der Waals surface area contributed by atoms with Crippen LogP contribution in [0, 0.1) is 0 Å².